The van der Waals surface area contributed by atoms with Crippen molar-refractivity contribution in [1.82, 2.24) is 10.2 Å². The van der Waals surface area contributed by atoms with Crippen LogP contribution in [0.2, 0.25) is 10.0 Å². The molecule has 9 heteroatoms. The molecule has 2 heterocycles. The lowest BCUT2D eigenvalue weighted by Gasteiger charge is -2.36. The molecule has 1 fully saturated rings. The van der Waals surface area contributed by atoms with E-state index >= 15 is 0 Å². The summed E-state index contributed by atoms with van der Waals surface area (Å²) < 4.78 is 5.79. The Labute approximate surface area is 249 Å². The minimum atomic E-state index is -0.374. The van der Waals surface area contributed by atoms with Crippen molar-refractivity contribution in [2.24, 2.45) is 0 Å². The zero-order valence-corrected chi connectivity index (χ0v) is 24.0. The summed E-state index contributed by atoms with van der Waals surface area (Å²) in [4.78, 5) is 17.2. The van der Waals surface area contributed by atoms with Crippen LogP contribution in [0.25, 0.3) is 17.4 Å². The lowest BCUT2D eigenvalue weighted by atomic mass is 10.2. The fourth-order valence-electron chi connectivity index (χ4n) is 4.52. The van der Waals surface area contributed by atoms with Gasteiger partial charge in [0.05, 0.1) is 10.0 Å². The molecule has 2 N–H and O–H groups in total. The van der Waals surface area contributed by atoms with Gasteiger partial charge in [0, 0.05) is 55.7 Å². The number of thiocarbonyl (C=S) groups is 1. The van der Waals surface area contributed by atoms with Gasteiger partial charge < -0.3 is 14.6 Å². The van der Waals surface area contributed by atoms with Gasteiger partial charge in [0.1, 0.15) is 11.5 Å². The molecular weight excluding hydrogens is 563 g/mol. The number of anilines is 2. The molecule has 0 radical (unpaired) electrons. The molecule has 0 atom stereocenters. The predicted molar refractivity (Wildman–Crippen MR) is 168 cm³/mol. The summed E-state index contributed by atoms with van der Waals surface area (Å²) in [5.74, 6) is 0.681. The van der Waals surface area contributed by atoms with E-state index in [4.69, 9.17) is 39.8 Å². The van der Waals surface area contributed by atoms with Crippen LogP contribution in [0.5, 0.6) is 0 Å². The zero-order chi connectivity index (χ0) is 27.9. The van der Waals surface area contributed by atoms with Gasteiger partial charge in [0.2, 0.25) is 5.91 Å². The van der Waals surface area contributed by atoms with Crippen molar-refractivity contribution >= 4 is 63.9 Å². The fraction of sp³-hybridized carbons (Fsp3) is 0.161. The lowest BCUT2D eigenvalue weighted by molar-refractivity contribution is -0.115. The molecule has 0 saturated carbocycles. The Balaban J connectivity index is 1.08. The Kier molecular flexibility index (Phi) is 9.19. The molecule has 3 aromatic carbocycles. The number of benzene rings is 3. The molecular formula is C31H28Cl2N4O2S. The number of halogens is 2. The fourth-order valence-corrected chi connectivity index (χ4v) is 5.13. The molecule has 6 nitrogen and oxygen atoms in total. The van der Waals surface area contributed by atoms with Crippen LogP contribution in [0.3, 0.4) is 0 Å². The lowest BCUT2D eigenvalue weighted by Crippen LogP contribution is -2.45. The summed E-state index contributed by atoms with van der Waals surface area (Å²) in [7, 11) is 0. The first-order valence-electron chi connectivity index (χ1n) is 12.9. The SMILES string of the molecule is O=C(/C=C/c1ccc(-c2cccc(Cl)c2Cl)o1)NC(=S)Nc1ccc(N2CCN(Cc3ccccc3)CC2)cc1. The minimum absolute atomic E-state index is 0.211. The van der Waals surface area contributed by atoms with Gasteiger partial charge in [-0.15, -0.1) is 0 Å². The second-order valence-corrected chi connectivity index (χ2v) is 10.6. The second-order valence-electron chi connectivity index (χ2n) is 9.38. The van der Waals surface area contributed by atoms with Gasteiger partial charge in [-0.1, -0.05) is 59.6 Å². The van der Waals surface area contributed by atoms with E-state index in [2.05, 4.69) is 62.9 Å². The van der Waals surface area contributed by atoms with Crippen LogP contribution in [-0.4, -0.2) is 42.1 Å². The number of amides is 1. The molecule has 1 aromatic heterocycles. The Hall–Kier alpha value is -3.62. The molecule has 0 bridgehead atoms. The van der Waals surface area contributed by atoms with E-state index in [0.717, 1.165) is 38.4 Å². The van der Waals surface area contributed by atoms with Crippen LogP contribution in [0.15, 0.2) is 95.4 Å². The van der Waals surface area contributed by atoms with Crippen LogP contribution in [0, 0.1) is 0 Å². The average molecular weight is 592 g/mol. The average Bonchev–Trinajstić information content (AvgIpc) is 3.44. The first-order chi connectivity index (χ1) is 19.4. The molecule has 0 unspecified atom stereocenters. The summed E-state index contributed by atoms with van der Waals surface area (Å²) in [6.07, 6.45) is 2.92. The molecule has 1 aliphatic heterocycles. The number of nitrogens with zero attached hydrogens (tertiary/aromatic N) is 2. The van der Waals surface area contributed by atoms with Crippen molar-refractivity contribution in [1.29, 1.82) is 0 Å². The molecule has 5 rings (SSSR count). The Bertz CT molecular complexity index is 1500. The second kappa shape index (κ2) is 13.2. The number of rotatable bonds is 7. The highest BCUT2D eigenvalue weighted by Gasteiger charge is 2.17. The van der Waals surface area contributed by atoms with E-state index in [0.29, 0.717) is 27.1 Å². The number of hydrogen-bond donors (Lipinski definition) is 2. The van der Waals surface area contributed by atoms with Crippen molar-refractivity contribution < 1.29 is 9.21 Å². The van der Waals surface area contributed by atoms with Gasteiger partial charge in [0.25, 0.3) is 0 Å². The van der Waals surface area contributed by atoms with E-state index in [1.165, 1.54) is 17.3 Å². The molecule has 0 aliphatic carbocycles. The molecule has 1 aliphatic rings. The number of piperazine rings is 1. The van der Waals surface area contributed by atoms with Crippen LogP contribution < -0.4 is 15.5 Å². The van der Waals surface area contributed by atoms with E-state index in [9.17, 15) is 4.79 Å². The van der Waals surface area contributed by atoms with Gasteiger partial charge in [-0.25, -0.2) is 0 Å². The third kappa shape index (κ3) is 7.31. The van der Waals surface area contributed by atoms with Crippen LogP contribution in [0.4, 0.5) is 11.4 Å². The highest BCUT2D eigenvalue weighted by atomic mass is 35.5. The first kappa shape index (κ1) is 27.9. The summed E-state index contributed by atoms with van der Waals surface area (Å²) in [6, 6.07) is 27.5. The summed E-state index contributed by atoms with van der Waals surface area (Å²) in [5.41, 5.74) is 3.99. The third-order valence-corrected chi connectivity index (χ3v) is 7.61. The van der Waals surface area contributed by atoms with E-state index in [1.807, 2.05) is 18.2 Å². The summed E-state index contributed by atoms with van der Waals surface area (Å²) in [5, 5.41) is 6.79. The number of carbonyl (C=O) groups is 1. The monoisotopic (exact) mass is 590 g/mol. The van der Waals surface area contributed by atoms with Crippen LogP contribution in [-0.2, 0) is 11.3 Å². The van der Waals surface area contributed by atoms with Crippen molar-refractivity contribution in [2.75, 3.05) is 36.4 Å². The van der Waals surface area contributed by atoms with E-state index in [1.54, 1.807) is 30.3 Å². The van der Waals surface area contributed by atoms with Gasteiger partial charge in [-0.05, 0) is 72.4 Å². The van der Waals surface area contributed by atoms with Gasteiger partial charge >= 0.3 is 0 Å². The number of nitrogens with one attached hydrogen (secondary N) is 2. The molecule has 0 spiro atoms. The van der Waals surface area contributed by atoms with Crippen molar-refractivity contribution in [2.45, 2.75) is 6.54 Å². The highest BCUT2D eigenvalue weighted by molar-refractivity contribution is 7.80. The van der Waals surface area contributed by atoms with Crippen LogP contribution >= 0.6 is 35.4 Å². The summed E-state index contributed by atoms with van der Waals surface area (Å²) >= 11 is 17.7. The maximum absolute atomic E-state index is 12.4. The Morgan fingerprint density at radius 1 is 0.900 bits per heavy atom. The number of carbonyl (C=O) groups excluding carboxylic acids is 1. The Morgan fingerprint density at radius 3 is 2.40 bits per heavy atom. The minimum Gasteiger partial charge on any atom is -0.457 e. The number of hydrogen-bond acceptors (Lipinski definition) is 5. The van der Waals surface area contributed by atoms with Crippen molar-refractivity contribution in [3.05, 3.63) is 112 Å². The molecule has 1 saturated heterocycles. The molecule has 40 heavy (non-hydrogen) atoms. The zero-order valence-electron chi connectivity index (χ0n) is 21.6. The first-order valence-corrected chi connectivity index (χ1v) is 14.1. The molecule has 4 aromatic rings. The third-order valence-electron chi connectivity index (χ3n) is 6.59. The quantitative estimate of drug-likeness (QED) is 0.177. The van der Waals surface area contributed by atoms with E-state index < -0.39 is 0 Å². The van der Waals surface area contributed by atoms with Gasteiger partial charge in [0.15, 0.2) is 5.11 Å². The van der Waals surface area contributed by atoms with Crippen molar-refractivity contribution in [3.8, 4) is 11.3 Å². The molecule has 1 amide bonds. The summed E-state index contributed by atoms with van der Waals surface area (Å²) in [6.45, 7) is 4.97. The predicted octanol–water partition coefficient (Wildman–Crippen LogP) is 7.10. The van der Waals surface area contributed by atoms with Crippen molar-refractivity contribution in [3.63, 3.8) is 0 Å². The topological polar surface area (TPSA) is 60.8 Å². The molecule has 204 valence electrons. The van der Waals surface area contributed by atoms with Gasteiger partial charge in [-0.3, -0.25) is 15.0 Å². The number of furan rings is 1. The van der Waals surface area contributed by atoms with Gasteiger partial charge in [-0.2, -0.15) is 0 Å². The maximum Gasteiger partial charge on any atom is 0.250 e. The normalized spacial score (nSPS) is 13.9. The van der Waals surface area contributed by atoms with E-state index in [-0.39, 0.29) is 11.0 Å². The standard InChI is InChI=1S/C31H28Cl2N4O2S/c32-27-8-4-7-26(30(27)33)28-15-13-25(39-28)14-16-29(38)35-31(40)34-23-9-11-24(12-10-23)37-19-17-36(18-20-37)21-22-5-2-1-3-6-22/h1-16H,17-21H2,(H2,34,35,38,40)/b16-14+. The Morgan fingerprint density at radius 2 is 1.65 bits per heavy atom. The largest absolute Gasteiger partial charge is 0.457 e. The highest BCUT2D eigenvalue weighted by Crippen LogP contribution is 2.34. The van der Waals surface area contributed by atoms with Crippen LogP contribution in [0.1, 0.15) is 11.3 Å². The maximum atomic E-state index is 12.4. The smallest absolute Gasteiger partial charge is 0.250 e.